The van der Waals surface area contributed by atoms with Crippen molar-refractivity contribution in [2.75, 3.05) is 0 Å². The molecule has 0 saturated heterocycles. The van der Waals surface area contributed by atoms with Crippen molar-refractivity contribution in [1.82, 2.24) is 0 Å². The van der Waals surface area contributed by atoms with Gasteiger partial charge in [0.05, 0.1) is 12.5 Å². The van der Waals surface area contributed by atoms with Gasteiger partial charge in [-0.25, -0.2) is 0 Å². The maximum Gasteiger partial charge on any atom is 0.323 e. The largest absolute Gasteiger partial charge is 0.481 e. The summed E-state index contributed by atoms with van der Waals surface area (Å²) >= 11 is 0. The van der Waals surface area contributed by atoms with Crippen molar-refractivity contribution in [2.24, 2.45) is 11.7 Å². The van der Waals surface area contributed by atoms with Crippen LogP contribution in [0, 0.1) is 5.92 Å². The first-order valence-corrected chi connectivity index (χ1v) is 5.00. The van der Waals surface area contributed by atoms with E-state index in [0.29, 0.717) is 5.92 Å². The first-order chi connectivity index (χ1) is 6.82. The SMILES string of the molecule is CC(C)CC(C)OC(=O)C(N)CC(=O)O. The third kappa shape index (κ3) is 6.90. The summed E-state index contributed by atoms with van der Waals surface area (Å²) in [5.74, 6) is -1.33. The van der Waals surface area contributed by atoms with Crippen molar-refractivity contribution in [2.45, 2.75) is 45.8 Å². The van der Waals surface area contributed by atoms with E-state index in [-0.39, 0.29) is 6.10 Å². The molecular weight excluding hydrogens is 198 g/mol. The fourth-order valence-corrected chi connectivity index (χ4v) is 1.27. The van der Waals surface area contributed by atoms with Gasteiger partial charge in [0.1, 0.15) is 6.04 Å². The second-order valence-electron chi connectivity index (χ2n) is 4.08. The summed E-state index contributed by atoms with van der Waals surface area (Å²) in [7, 11) is 0. The molecule has 0 bridgehead atoms. The molecule has 3 N–H and O–H groups in total. The van der Waals surface area contributed by atoms with Crippen LogP contribution in [0.1, 0.15) is 33.6 Å². The lowest BCUT2D eigenvalue weighted by molar-refractivity contribution is -0.153. The number of carbonyl (C=O) groups excluding carboxylic acids is 1. The number of ether oxygens (including phenoxy) is 1. The number of esters is 1. The maximum atomic E-state index is 11.3. The van der Waals surface area contributed by atoms with Gasteiger partial charge in [-0.2, -0.15) is 0 Å². The quantitative estimate of drug-likeness (QED) is 0.641. The minimum atomic E-state index is -1.10. The molecule has 0 aromatic rings. The summed E-state index contributed by atoms with van der Waals surface area (Å²) in [6, 6.07) is -1.07. The van der Waals surface area contributed by atoms with E-state index < -0.39 is 24.4 Å². The van der Waals surface area contributed by atoms with E-state index >= 15 is 0 Å². The number of carboxylic acids is 1. The molecule has 0 rings (SSSR count). The fourth-order valence-electron chi connectivity index (χ4n) is 1.27. The van der Waals surface area contributed by atoms with E-state index in [9.17, 15) is 9.59 Å². The van der Waals surface area contributed by atoms with E-state index in [2.05, 4.69) is 0 Å². The number of rotatable bonds is 6. The topological polar surface area (TPSA) is 89.6 Å². The monoisotopic (exact) mass is 217 g/mol. The van der Waals surface area contributed by atoms with Crippen molar-refractivity contribution >= 4 is 11.9 Å². The first kappa shape index (κ1) is 13.9. The summed E-state index contributed by atoms with van der Waals surface area (Å²) in [6.07, 6.45) is 0.121. The Morgan fingerprint density at radius 3 is 2.27 bits per heavy atom. The van der Waals surface area contributed by atoms with Crippen molar-refractivity contribution in [3.8, 4) is 0 Å². The highest BCUT2D eigenvalue weighted by atomic mass is 16.5. The average molecular weight is 217 g/mol. The molecule has 0 aliphatic rings. The van der Waals surface area contributed by atoms with Crippen LogP contribution in [0.4, 0.5) is 0 Å². The predicted octanol–water partition coefficient (Wildman–Crippen LogP) is 0.766. The Hall–Kier alpha value is -1.10. The lowest BCUT2D eigenvalue weighted by Gasteiger charge is -2.17. The molecule has 5 heteroatoms. The molecule has 2 unspecified atom stereocenters. The number of carbonyl (C=O) groups is 2. The molecule has 0 aliphatic heterocycles. The summed E-state index contributed by atoms with van der Waals surface area (Å²) in [5, 5.41) is 8.42. The number of hydrogen-bond donors (Lipinski definition) is 2. The molecule has 0 aromatic carbocycles. The standard InChI is InChI=1S/C10H19NO4/c1-6(2)4-7(3)15-10(14)8(11)5-9(12)13/h6-8H,4-5,11H2,1-3H3,(H,12,13). The van der Waals surface area contributed by atoms with Crippen LogP contribution in [0.15, 0.2) is 0 Å². The van der Waals surface area contributed by atoms with Gasteiger partial charge >= 0.3 is 11.9 Å². The Morgan fingerprint density at radius 1 is 1.33 bits per heavy atom. The van der Waals surface area contributed by atoms with Crippen molar-refractivity contribution in [1.29, 1.82) is 0 Å². The highest BCUT2D eigenvalue weighted by Gasteiger charge is 2.20. The summed E-state index contributed by atoms with van der Waals surface area (Å²) in [4.78, 5) is 21.5. The number of nitrogens with two attached hydrogens (primary N) is 1. The molecule has 15 heavy (non-hydrogen) atoms. The van der Waals surface area contributed by atoms with E-state index in [0.717, 1.165) is 6.42 Å². The number of hydrogen-bond acceptors (Lipinski definition) is 4. The van der Waals surface area contributed by atoms with Gasteiger partial charge in [-0.3, -0.25) is 9.59 Å². The van der Waals surface area contributed by atoms with Crippen molar-refractivity contribution in [3.63, 3.8) is 0 Å². The molecule has 0 aliphatic carbocycles. The van der Waals surface area contributed by atoms with Crippen LogP contribution in [-0.4, -0.2) is 29.2 Å². The normalized spacial score (nSPS) is 14.7. The third-order valence-electron chi connectivity index (χ3n) is 1.82. The molecule has 0 saturated carbocycles. The zero-order valence-corrected chi connectivity index (χ0v) is 9.40. The first-order valence-electron chi connectivity index (χ1n) is 5.00. The molecule has 0 radical (unpaired) electrons. The van der Waals surface area contributed by atoms with Gasteiger partial charge in [0.2, 0.25) is 0 Å². The van der Waals surface area contributed by atoms with Gasteiger partial charge in [-0.15, -0.1) is 0 Å². The number of carboxylic acid groups (broad SMARTS) is 1. The Balaban J connectivity index is 3.95. The summed E-state index contributed by atoms with van der Waals surface area (Å²) in [5.41, 5.74) is 5.34. The van der Waals surface area contributed by atoms with Crippen LogP contribution in [0.2, 0.25) is 0 Å². The maximum absolute atomic E-state index is 11.3. The van der Waals surface area contributed by atoms with E-state index in [1.807, 2.05) is 13.8 Å². The zero-order valence-electron chi connectivity index (χ0n) is 9.40. The van der Waals surface area contributed by atoms with Crippen LogP contribution < -0.4 is 5.73 Å². The minimum absolute atomic E-state index is 0.225. The Labute approximate surface area is 89.6 Å². The minimum Gasteiger partial charge on any atom is -0.481 e. The summed E-state index contributed by atoms with van der Waals surface area (Å²) in [6.45, 7) is 5.80. The second-order valence-corrected chi connectivity index (χ2v) is 4.08. The van der Waals surface area contributed by atoms with E-state index in [4.69, 9.17) is 15.6 Å². The number of aliphatic carboxylic acids is 1. The van der Waals surface area contributed by atoms with Gasteiger partial charge in [0, 0.05) is 0 Å². The lowest BCUT2D eigenvalue weighted by atomic mass is 10.1. The molecule has 2 atom stereocenters. The van der Waals surface area contributed by atoms with Crippen LogP contribution in [0.5, 0.6) is 0 Å². The highest BCUT2D eigenvalue weighted by molar-refractivity contribution is 5.81. The van der Waals surface area contributed by atoms with Gasteiger partial charge in [0.25, 0.3) is 0 Å². The van der Waals surface area contributed by atoms with Crippen LogP contribution >= 0.6 is 0 Å². The van der Waals surface area contributed by atoms with Crippen molar-refractivity contribution in [3.05, 3.63) is 0 Å². The molecule has 0 heterocycles. The molecule has 88 valence electrons. The summed E-state index contributed by atoms with van der Waals surface area (Å²) < 4.78 is 5.00. The molecular formula is C10H19NO4. The molecule has 5 nitrogen and oxygen atoms in total. The van der Waals surface area contributed by atoms with E-state index in [1.54, 1.807) is 6.92 Å². The lowest BCUT2D eigenvalue weighted by Crippen LogP contribution is -2.36. The van der Waals surface area contributed by atoms with Gasteiger partial charge in [0.15, 0.2) is 0 Å². The van der Waals surface area contributed by atoms with Crippen LogP contribution in [0.3, 0.4) is 0 Å². The highest BCUT2D eigenvalue weighted by Crippen LogP contribution is 2.08. The molecule has 0 aromatic heterocycles. The third-order valence-corrected chi connectivity index (χ3v) is 1.82. The van der Waals surface area contributed by atoms with Crippen LogP contribution in [0.25, 0.3) is 0 Å². The van der Waals surface area contributed by atoms with Crippen molar-refractivity contribution < 1.29 is 19.4 Å². The zero-order chi connectivity index (χ0) is 12.0. The molecule has 0 spiro atoms. The molecule has 0 amide bonds. The average Bonchev–Trinajstić information content (AvgIpc) is 2.00. The second kappa shape index (κ2) is 6.40. The predicted molar refractivity (Wildman–Crippen MR) is 55.2 cm³/mol. The van der Waals surface area contributed by atoms with Crippen LogP contribution in [-0.2, 0) is 14.3 Å². The Bertz CT molecular complexity index is 227. The fraction of sp³-hybridized carbons (Fsp3) is 0.800. The van der Waals surface area contributed by atoms with Gasteiger partial charge in [-0.05, 0) is 19.3 Å². The Morgan fingerprint density at radius 2 is 1.87 bits per heavy atom. The van der Waals surface area contributed by atoms with Gasteiger partial charge in [-0.1, -0.05) is 13.8 Å². The Kier molecular flexibility index (Phi) is 5.93. The van der Waals surface area contributed by atoms with Gasteiger partial charge < -0.3 is 15.6 Å². The smallest absolute Gasteiger partial charge is 0.323 e. The molecule has 0 fully saturated rings. The van der Waals surface area contributed by atoms with E-state index in [1.165, 1.54) is 0 Å².